The molecule has 6 heteroatoms. The molecule has 0 aromatic heterocycles. The van der Waals surface area contributed by atoms with E-state index >= 15 is 0 Å². The summed E-state index contributed by atoms with van der Waals surface area (Å²) in [4.78, 5) is 27.7. The number of amides is 1. The molecule has 0 bridgehead atoms. The van der Waals surface area contributed by atoms with Gasteiger partial charge in [0.1, 0.15) is 5.75 Å². The molecule has 1 aliphatic rings. The Hall–Kier alpha value is -2.53. The van der Waals surface area contributed by atoms with Crippen molar-refractivity contribution in [2.45, 2.75) is 6.92 Å². The average molecular weight is 373 g/mol. The number of hydrogen-bond acceptors (Lipinski definition) is 4. The number of Topliss-reactive ketones (excluding diaryl/α,β-unsaturated/α-hetero) is 1. The van der Waals surface area contributed by atoms with Crippen LogP contribution in [0.2, 0.25) is 5.02 Å². The zero-order valence-electron chi connectivity index (χ0n) is 14.7. The van der Waals surface area contributed by atoms with E-state index < -0.39 is 0 Å². The van der Waals surface area contributed by atoms with Gasteiger partial charge >= 0.3 is 0 Å². The summed E-state index contributed by atoms with van der Waals surface area (Å²) in [5.41, 5.74) is 1.74. The standard InChI is InChI=1S/C20H21ClN2O3/c1-15(24)16-2-8-19(9-3-16)26-14-20(25)23-12-10-22(11-13-23)18-6-4-17(21)5-7-18/h2-9H,10-14H2,1H3. The first-order valence-electron chi connectivity index (χ1n) is 8.55. The molecule has 0 radical (unpaired) electrons. The number of hydrogen-bond donors (Lipinski definition) is 0. The number of piperazine rings is 1. The number of benzene rings is 2. The summed E-state index contributed by atoms with van der Waals surface area (Å²) >= 11 is 5.92. The number of carbonyl (C=O) groups excluding carboxylic acids is 2. The smallest absolute Gasteiger partial charge is 0.260 e. The van der Waals surface area contributed by atoms with Crippen molar-refractivity contribution in [1.82, 2.24) is 4.90 Å². The van der Waals surface area contributed by atoms with Gasteiger partial charge in [0, 0.05) is 42.5 Å². The maximum Gasteiger partial charge on any atom is 0.260 e. The second-order valence-electron chi connectivity index (χ2n) is 6.21. The van der Waals surface area contributed by atoms with E-state index in [1.165, 1.54) is 6.92 Å². The molecule has 1 aliphatic heterocycles. The van der Waals surface area contributed by atoms with Gasteiger partial charge in [-0.3, -0.25) is 9.59 Å². The van der Waals surface area contributed by atoms with E-state index in [2.05, 4.69) is 4.90 Å². The minimum atomic E-state index is -0.0311. The number of rotatable bonds is 5. The second-order valence-corrected chi connectivity index (χ2v) is 6.65. The molecule has 0 aliphatic carbocycles. The third-order valence-corrected chi connectivity index (χ3v) is 4.70. The largest absolute Gasteiger partial charge is 0.484 e. The minimum absolute atomic E-state index is 0.000360. The molecule has 0 atom stereocenters. The first-order valence-corrected chi connectivity index (χ1v) is 8.93. The predicted octanol–water partition coefficient (Wildman–Crippen LogP) is 3.27. The lowest BCUT2D eigenvalue weighted by atomic mass is 10.1. The Bertz CT molecular complexity index is 767. The maximum absolute atomic E-state index is 12.3. The van der Waals surface area contributed by atoms with Crippen LogP contribution in [0.25, 0.3) is 0 Å². The van der Waals surface area contributed by atoms with Crippen LogP contribution < -0.4 is 9.64 Å². The van der Waals surface area contributed by atoms with Gasteiger partial charge in [0.15, 0.2) is 12.4 Å². The molecule has 1 heterocycles. The van der Waals surface area contributed by atoms with E-state index in [1.807, 2.05) is 29.2 Å². The van der Waals surface area contributed by atoms with E-state index in [4.69, 9.17) is 16.3 Å². The lowest BCUT2D eigenvalue weighted by molar-refractivity contribution is -0.133. The fourth-order valence-corrected chi connectivity index (χ4v) is 3.01. The lowest BCUT2D eigenvalue weighted by Gasteiger charge is -2.36. The highest BCUT2D eigenvalue weighted by molar-refractivity contribution is 6.30. The average Bonchev–Trinajstić information content (AvgIpc) is 2.67. The quantitative estimate of drug-likeness (QED) is 0.756. The first kappa shape index (κ1) is 18.3. The van der Waals surface area contributed by atoms with Crippen molar-refractivity contribution >= 4 is 29.0 Å². The topological polar surface area (TPSA) is 49.9 Å². The van der Waals surface area contributed by atoms with E-state index in [0.29, 0.717) is 24.4 Å². The molecule has 3 rings (SSSR count). The van der Waals surface area contributed by atoms with Gasteiger partial charge in [0.2, 0.25) is 0 Å². The Morgan fingerprint density at radius 3 is 2.15 bits per heavy atom. The Morgan fingerprint density at radius 2 is 1.58 bits per heavy atom. The summed E-state index contributed by atoms with van der Waals surface area (Å²) in [6.45, 7) is 4.40. The molecule has 0 spiro atoms. The third kappa shape index (κ3) is 4.55. The van der Waals surface area contributed by atoms with Crippen molar-refractivity contribution in [1.29, 1.82) is 0 Å². The molecule has 2 aromatic carbocycles. The van der Waals surface area contributed by atoms with E-state index in [9.17, 15) is 9.59 Å². The van der Waals surface area contributed by atoms with Crippen molar-refractivity contribution in [2.24, 2.45) is 0 Å². The molecule has 2 aromatic rings. The fourth-order valence-electron chi connectivity index (χ4n) is 2.89. The van der Waals surface area contributed by atoms with Gasteiger partial charge in [0.25, 0.3) is 5.91 Å². The van der Waals surface area contributed by atoms with Crippen LogP contribution in [0, 0.1) is 0 Å². The molecule has 0 saturated carbocycles. The summed E-state index contributed by atoms with van der Waals surface area (Å²) in [5, 5.41) is 0.719. The molecular formula is C20H21ClN2O3. The van der Waals surface area contributed by atoms with Crippen LogP contribution in [0.1, 0.15) is 17.3 Å². The van der Waals surface area contributed by atoms with Crippen molar-refractivity contribution in [3.63, 3.8) is 0 Å². The van der Waals surface area contributed by atoms with Gasteiger partial charge in [-0.05, 0) is 55.5 Å². The third-order valence-electron chi connectivity index (χ3n) is 4.45. The van der Waals surface area contributed by atoms with Crippen molar-refractivity contribution < 1.29 is 14.3 Å². The molecule has 0 N–H and O–H groups in total. The van der Waals surface area contributed by atoms with Crippen LogP contribution in [0.3, 0.4) is 0 Å². The summed E-state index contributed by atoms with van der Waals surface area (Å²) in [6.07, 6.45) is 0. The summed E-state index contributed by atoms with van der Waals surface area (Å²) < 4.78 is 5.55. The highest BCUT2D eigenvalue weighted by atomic mass is 35.5. The van der Waals surface area contributed by atoms with E-state index in [1.54, 1.807) is 24.3 Å². The SMILES string of the molecule is CC(=O)c1ccc(OCC(=O)N2CCN(c3ccc(Cl)cc3)CC2)cc1. The molecule has 5 nitrogen and oxygen atoms in total. The number of ether oxygens (including phenoxy) is 1. The van der Waals surface area contributed by atoms with Crippen LogP contribution in [0.15, 0.2) is 48.5 Å². The number of carbonyl (C=O) groups is 2. The molecule has 26 heavy (non-hydrogen) atoms. The molecule has 1 amide bonds. The summed E-state index contributed by atoms with van der Waals surface area (Å²) in [5.74, 6) is 0.561. The van der Waals surface area contributed by atoms with Crippen molar-refractivity contribution in [3.05, 3.63) is 59.1 Å². The minimum Gasteiger partial charge on any atom is -0.484 e. The number of ketones is 1. The van der Waals surface area contributed by atoms with Gasteiger partial charge in [-0.1, -0.05) is 11.6 Å². The molecular weight excluding hydrogens is 352 g/mol. The van der Waals surface area contributed by atoms with Gasteiger partial charge in [-0.2, -0.15) is 0 Å². The molecule has 0 unspecified atom stereocenters. The van der Waals surface area contributed by atoms with Gasteiger partial charge < -0.3 is 14.5 Å². The van der Waals surface area contributed by atoms with Gasteiger partial charge in [-0.25, -0.2) is 0 Å². The van der Waals surface area contributed by atoms with E-state index in [0.717, 1.165) is 23.8 Å². The Balaban J connectivity index is 1.47. The van der Waals surface area contributed by atoms with E-state index in [-0.39, 0.29) is 18.3 Å². The van der Waals surface area contributed by atoms with Gasteiger partial charge in [-0.15, -0.1) is 0 Å². The zero-order valence-corrected chi connectivity index (χ0v) is 15.4. The predicted molar refractivity (Wildman–Crippen MR) is 102 cm³/mol. The number of halogens is 1. The second kappa shape index (κ2) is 8.23. The lowest BCUT2D eigenvalue weighted by Crippen LogP contribution is -2.50. The Kier molecular flexibility index (Phi) is 5.78. The molecule has 1 fully saturated rings. The Morgan fingerprint density at radius 1 is 0.962 bits per heavy atom. The van der Waals surface area contributed by atoms with Gasteiger partial charge in [0.05, 0.1) is 0 Å². The zero-order chi connectivity index (χ0) is 18.5. The van der Waals surface area contributed by atoms with Crippen LogP contribution in [-0.4, -0.2) is 49.4 Å². The maximum atomic E-state index is 12.3. The summed E-state index contributed by atoms with van der Waals surface area (Å²) in [7, 11) is 0. The number of anilines is 1. The van der Waals surface area contributed by atoms with Crippen molar-refractivity contribution in [3.8, 4) is 5.75 Å². The number of nitrogens with zero attached hydrogens (tertiary/aromatic N) is 2. The Labute approximate surface area is 158 Å². The first-order chi connectivity index (χ1) is 12.5. The van der Waals surface area contributed by atoms with Crippen LogP contribution in [-0.2, 0) is 4.79 Å². The highest BCUT2D eigenvalue weighted by Crippen LogP contribution is 2.19. The highest BCUT2D eigenvalue weighted by Gasteiger charge is 2.21. The molecule has 1 saturated heterocycles. The van der Waals surface area contributed by atoms with Crippen LogP contribution in [0.4, 0.5) is 5.69 Å². The fraction of sp³-hybridized carbons (Fsp3) is 0.300. The van der Waals surface area contributed by atoms with Crippen LogP contribution in [0.5, 0.6) is 5.75 Å². The summed E-state index contributed by atoms with van der Waals surface area (Å²) in [6, 6.07) is 14.6. The van der Waals surface area contributed by atoms with Crippen molar-refractivity contribution in [2.75, 3.05) is 37.7 Å². The normalized spacial score (nSPS) is 14.2. The monoisotopic (exact) mass is 372 g/mol. The van der Waals surface area contributed by atoms with Crippen LogP contribution >= 0.6 is 11.6 Å². The molecule has 136 valence electrons.